The summed E-state index contributed by atoms with van der Waals surface area (Å²) in [5.41, 5.74) is -0.107. The van der Waals surface area contributed by atoms with Gasteiger partial charge in [0.05, 0.1) is 11.8 Å². The largest absolute Gasteiger partial charge is 0.437 e. The molecule has 0 saturated carbocycles. The highest BCUT2D eigenvalue weighted by molar-refractivity contribution is 5.74. The number of allylic oxidation sites excluding steroid dienone is 1. The Bertz CT molecular complexity index is 277. The summed E-state index contributed by atoms with van der Waals surface area (Å²) in [7, 11) is 0. The van der Waals surface area contributed by atoms with E-state index >= 15 is 0 Å². The molecule has 0 aromatic carbocycles. The van der Waals surface area contributed by atoms with Crippen molar-refractivity contribution in [2.24, 2.45) is 0 Å². The average molecular weight is 166 g/mol. The molecule has 1 amide bonds. The molecule has 1 fully saturated rings. The molecule has 1 aliphatic rings. The first kappa shape index (κ1) is 8.60. The number of hydrogen-bond donors (Lipinski definition) is 1. The van der Waals surface area contributed by atoms with Gasteiger partial charge in [-0.25, -0.2) is 4.79 Å². The first-order chi connectivity index (χ1) is 5.62. The van der Waals surface area contributed by atoms with Gasteiger partial charge in [0.25, 0.3) is 0 Å². The maximum Gasteiger partial charge on any atom is 0.412 e. The zero-order valence-electron chi connectivity index (χ0n) is 7.05. The number of nitrogens with one attached hydrogen (secondary N) is 1. The van der Waals surface area contributed by atoms with Crippen LogP contribution in [0.4, 0.5) is 4.79 Å². The number of amides is 1. The van der Waals surface area contributed by atoms with Crippen LogP contribution in [0.25, 0.3) is 0 Å². The fourth-order valence-electron chi connectivity index (χ4n) is 1.04. The Hall–Kier alpha value is -1.50. The molecule has 1 heterocycles. The normalized spacial score (nSPS) is 31.1. The van der Waals surface area contributed by atoms with Gasteiger partial charge >= 0.3 is 6.09 Å². The van der Waals surface area contributed by atoms with Crippen molar-refractivity contribution in [3.8, 4) is 6.07 Å². The lowest BCUT2D eigenvalue weighted by molar-refractivity contribution is 0.0816. The van der Waals surface area contributed by atoms with Gasteiger partial charge in [-0.2, -0.15) is 5.26 Å². The molecule has 0 radical (unpaired) electrons. The summed E-state index contributed by atoms with van der Waals surface area (Å²) in [6.07, 6.45) is 1.47. The van der Waals surface area contributed by atoms with Crippen molar-refractivity contribution < 1.29 is 9.53 Å². The Morgan fingerprint density at radius 1 is 1.83 bits per heavy atom. The van der Waals surface area contributed by atoms with E-state index in [0.29, 0.717) is 12.1 Å². The monoisotopic (exact) mass is 166 g/mol. The summed E-state index contributed by atoms with van der Waals surface area (Å²) in [4.78, 5) is 10.8. The molecule has 64 valence electrons. The molecule has 1 aliphatic heterocycles. The van der Waals surface area contributed by atoms with Crippen molar-refractivity contribution in [3.63, 3.8) is 0 Å². The molecular formula is C8H10N2O2. The second-order valence-corrected chi connectivity index (χ2v) is 2.79. The van der Waals surface area contributed by atoms with Gasteiger partial charge in [0.2, 0.25) is 0 Å². The van der Waals surface area contributed by atoms with E-state index in [1.165, 1.54) is 6.08 Å². The molecule has 1 saturated heterocycles. The smallest absolute Gasteiger partial charge is 0.412 e. The van der Waals surface area contributed by atoms with Gasteiger partial charge in [-0.05, 0) is 13.3 Å². The molecular weight excluding hydrogens is 156 g/mol. The SMILES string of the molecule is CC[C@@]1(C)OC(=O)N/C1=C/C#N. The minimum atomic E-state index is -0.646. The Morgan fingerprint density at radius 2 is 2.50 bits per heavy atom. The fourth-order valence-corrected chi connectivity index (χ4v) is 1.04. The molecule has 0 aliphatic carbocycles. The second-order valence-electron chi connectivity index (χ2n) is 2.79. The van der Waals surface area contributed by atoms with Crippen LogP contribution in [-0.4, -0.2) is 11.7 Å². The Morgan fingerprint density at radius 3 is 3.00 bits per heavy atom. The van der Waals surface area contributed by atoms with Crippen molar-refractivity contribution in [1.82, 2.24) is 5.32 Å². The van der Waals surface area contributed by atoms with Crippen molar-refractivity contribution in [2.75, 3.05) is 0 Å². The van der Waals surface area contributed by atoms with E-state index in [-0.39, 0.29) is 0 Å². The highest BCUT2D eigenvalue weighted by Gasteiger charge is 2.38. The summed E-state index contributed by atoms with van der Waals surface area (Å²) in [6.45, 7) is 3.67. The maximum atomic E-state index is 10.8. The summed E-state index contributed by atoms with van der Waals surface area (Å²) < 4.78 is 4.99. The topological polar surface area (TPSA) is 62.1 Å². The molecule has 1 rings (SSSR count). The molecule has 12 heavy (non-hydrogen) atoms. The highest BCUT2D eigenvalue weighted by Crippen LogP contribution is 2.28. The Kier molecular flexibility index (Phi) is 2.05. The third-order valence-corrected chi connectivity index (χ3v) is 2.01. The van der Waals surface area contributed by atoms with Crippen LogP contribution in [0.3, 0.4) is 0 Å². The third-order valence-electron chi connectivity index (χ3n) is 2.01. The number of hydrogen-bond acceptors (Lipinski definition) is 3. The van der Waals surface area contributed by atoms with E-state index in [9.17, 15) is 4.79 Å². The van der Waals surface area contributed by atoms with E-state index in [2.05, 4.69) is 5.32 Å². The lowest BCUT2D eigenvalue weighted by atomic mass is 10.00. The van der Waals surface area contributed by atoms with Gasteiger partial charge in [-0.15, -0.1) is 0 Å². The van der Waals surface area contributed by atoms with Crippen LogP contribution in [-0.2, 0) is 4.74 Å². The zero-order valence-corrected chi connectivity index (χ0v) is 7.05. The summed E-state index contributed by atoms with van der Waals surface area (Å²) in [5.74, 6) is 0. The first-order valence-corrected chi connectivity index (χ1v) is 3.72. The summed E-state index contributed by atoms with van der Waals surface area (Å²) in [6, 6.07) is 1.86. The Labute approximate surface area is 70.8 Å². The number of cyclic esters (lactones) is 1. The molecule has 4 nitrogen and oxygen atoms in total. The van der Waals surface area contributed by atoms with E-state index in [1.54, 1.807) is 6.92 Å². The number of ether oxygens (including phenoxy) is 1. The van der Waals surface area contributed by atoms with E-state index < -0.39 is 11.7 Å². The first-order valence-electron chi connectivity index (χ1n) is 3.72. The molecule has 4 heteroatoms. The average Bonchev–Trinajstić information content (AvgIpc) is 2.29. The number of nitriles is 1. The molecule has 0 unspecified atom stereocenters. The highest BCUT2D eigenvalue weighted by atomic mass is 16.6. The van der Waals surface area contributed by atoms with Crippen LogP contribution < -0.4 is 5.32 Å². The third kappa shape index (κ3) is 1.26. The molecule has 0 spiro atoms. The number of carbonyl (C=O) groups excluding carboxylic acids is 1. The molecule has 0 bridgehead atoms. The van der Waals surface area contributed by atoms with E-state index in [0.717, 1.165) is 0 Å². The molecule has 0 aromatic rings. The predicted octanol–water partition coefficient (Wildman–Crippen LogP) is 1.30. The van der Waals surface area contributed by atoms with Crippen molar-refractivity contribution >= 4 is 6.09 Å². The Balaban J connectivity index is 2.95. The second kappa shape index (κ2) is 2.86. The van der Waals surface area contributed by atoms with E-state index in [1.807, 2.05) is 13.0 Å². The summed E-state index contributed by atoms with van der Waals surface area (Å²) >= 11 is 0. The van der Waals surface area contributed by atoms with Crippen LogP contribution >= 0.6 is 0 Å². The maximum absolute atomic E-state index is 10.8. The van der Waals surface area contributed by atoms with Gasteiger partial charge in [0.1, 0.15) is 0 Å². The van der Waals surface area contributed by atoms with Crippen LogP contribution in [0.2, 0.25) is 0 Å². The minimum Gasteiger partial charge on any atom is -0.437 e. The van der Waals surface area contributed by atoms with Gasteiger partial charge < -0.3 is 4.74 Å². The predicted molar refractivity (Wildman–Crippen MR) is 42.0 cm³/mol. The van der Waals surface area contributed by atoms with Crippen molar-refractivity contribution in [1.29, 1.82) is 5.26 Å². The van der Waals surface area contributed by atoms with Gasteiger partial charge in [-0.1, -0.05) is 6.92 Å². The number of rotatable bonds is 1. The number of nitrogens with zero attached hydrogens (tertiary/aromatic N) is 1. The minimum absolute atomic E-state index is 0.485. The quantitative estimate of drug-likeness (QED) is 0.597. The van der Waals surface area contributed by atoms with Crippen LogP contribution in [0.1, 0.15) is 20.3 Å². The lowest BCUT2D eigenvalue weighted by Crippen LogP contribution is -2.25. The van der Waals surface area contributed by atoms with Crippen LogP contribution in [0, 0.1) is 11.3 Å². The van der Waals surface area contributed by atoms with Gasteiger partial charge in [0, 0.05) is 6.08 Å². The van der Waals surface area contributed by atoms with Gasteiger partial charge in [0.15, 0.2) is 5.60 Å². The standard InChI is InChI=1S/C8H10N2O2/c1-3-8(2)6(4-5-9)10-7(11)12-8/h4H,3H2,1-2H3,(H,10,11)/b6-4+/t8-/m1/s1. The lowest BCUT2D eigenvalue weighted by Gasteiger charge is -2.19. The van der Waals surface area contributed by atoms with Gasteiger partial charge in [-0.3, -0.25) is 5.32 Å². The zero-order chi connectivity index (χ0) is 9.19. The van der Waals surface area contributed by atoms with Crippen LogP contribution in [0.15, 0.2) is 11.8 Å². The molecule has 1 N–H and O–H groups in total. The number of alkyl carbamates (subject to hydrolysis) is 1. The van der Waals surface area contributed by atoms with Crippen molar-refractivity contribution in [3.05, 3.63) is 11.8 Å². The van der Waals surface area contributed by atoms with Crippen LogP contribution in [0.5, 0.6) is 0 Å². The fraction of sp³-hybridized carbons (Fsp3) is 0.500. The molecule has 1 atom stereocenters. The van der Waals surface area contributed by atoms with E-state index in [4.69, 9.17) is 10.00 Å². The number of carbonyl (C=O) groups is 1. The van der Waals surface area contributed by atoms with Crippen molar-refractivity contribution in [2.45, 2.75) is 25.9 Å². The molecule has 0 aromatic heterocycles. The summed E-state index contributed by atoms with van der Waals surface area (Å²) in [5, 5.41) is 10.9.